The number of halogens is 1. The molecule has 0 aromatic rings. The van der Waals surface area contributed by atoms with Gasteiger partial charge in [-0.3, -0.25) is 4.90 Å². The van der Waals surface area contributed by atoms with Crippen molar-refractivity contribution in [2.75, 3.05) is 53.6 Å². The average Bonchev–Trinajstić information content (AvgIpc) is 2.29. The summed E-state index contributed by atoms with van der Waals surface area (Å²) < 4.78 is 10.4. The Morgan fingerprint density at radius 3 is 2.81 bits per heavy atom. The van der Waals surface area contributed by atoms with Gasteiger partial charge in [-0.15, -0.1) is 12.4 Å². The summed E-state index contributed by atoms with van der Waals surface area (Å²) in [6.07, 6.45) is 2.60. The van der Waals surface area contributed by atoms with Gasteiger partial charge in [-0.25, -0.2) is 0 Å². The van der Waals surface area contributed by atoms with Gasteiger partial charge in [0, 0.05) is 26.2 Å². The molecule has 0 aromatic carbocycles. The topological polar surface area (TPSA) is 33.7 Å². The molecular formula is C11H25ClN2O2. The fourth-order valence-corrected chi connectivity index (χ4v) is 1.93. The number of piperidine rings is 1. The van der Waals surface area contributed by atoms with Crippen LogP contribution in [-0.4, -0.2) is 64.6 Å². The van der Waals surface area contributed by atoms with E-state index in [4.69, 9.17) is 9.47 Å². The molecule has 1 heterocycles. The number of likely N-dealkylation sites (N-methyl/N-ethyl adjacent to an activating group) is 1. The van der Waals surface area contributed by atoms with E-state index in [1.165, 1.54) is 19.4 Å². The van der Waals surface area contributed by atoms with Gasteiger partial charge < -0.3 is 14.8 Å². The van der Waals surface area contributed by atoms with Gasteiger partial charge in [0.05, 0.1) is 19.8 Å². The predicted octanol–water partition coefficient (Wildman–Crippen LogP) is 0.755. The quantitative estimate of drug-likeness (QED) is 0.679. The van der Waals surface area contributed by atoms with Crippen LogP contribution in [0.5, 0.6) is 0 Å². The predicted molar refractivity (Wildman–Crippen MR) is 68.5 cm³/mol. The van der Waals surface area contributed by atoms with Crippen molar-refractivity contribution in [3.05, 3.63) is 0 Å². The summed E-state index contributed by atoms with van der Waals surface area (Å²) >= 11 is 0. The van der Waals surface area contributed by atoms with E-state index < -0.39 is 0 Å². The van der Waals surface area contributed by atoms with E-state index in [-0.39, 0.29) is 12.4 Å². The lowest BCUT2D eigenvalue weighted by Crippen LogP contribution is -2.45. The van der Waals surface area contributed by atoms with Gasteiger partial charge in [0.25, 0.3) is 0 Å². The molecule has 1 fully saturated rings. The van der Waals surface area contributed by atoms with E-state index in [0.29, 0.717) is 19.3 Å². The van der Waals surface area contributed by atoms with Gasteiger partial charge in [0.2, 0.25) is 0 Å². The molecule has 1 aliphatic heterocycles. The van der Waals surface area contributed by atoms with Crippen LogP contribution in [0.15, 0.2) is 0 Å². The van der Waals surface area contributed by atoms with Crippen LogP contribution >= 0.6 is 12.4 Å². The minimum atomic E-state index is 0. The average molecular weight is 253 g/mol. The highest BCUT2D eigenvalue weighted by Crippen LogP contribution is 2.08. The molecule has 1 N–H and O–H groups in total. The lowest BCUT2D eigenvalue weighted by molar-refractivity contribution is 0.0518. The Bertz CT molecular complexity index is 161. The molecule has 16 heavy (non-hydrogen) atoms. The van der Waals surface area contributed by atoms with Crippen LogP contribution in [0.2, 0.25) is 0 Å². The van der Waals surface area contributed by atoms with E-state index >= 15 is 0 Å². The number of hydrogen-bond donors (Lipinski definition) is 1. The summed E-state index contributed by atoms with van der Waals surface area (Å²) in [5.74, 6) is 0. The number of likely N-dealkylation sites (tertiary alicyclic amines) is 1. The Morgan fingerprint density at radius 2 is 2.12 bits per heavy atom. The first kappa shape index (κ1) is 16.1. The smallest absolute Gasteiger partial charge is 0.0700 e. The number of nitrogens with zero attached hydrogens (tertiary/aromatic N) is 1. The molecule has 0 saturated carbocycles. The second kappa shape index (κ2) is 10.3. The summed E-state index contributed by atoms with van der Waals surface area (Å²) in [6.45, 7) is 5.64. The second-order valence-corrected chi connectivity index (χ2v) is 4.03. The van der Waals surface area contributed by atoms with Gasteiger partial charge in [-0.05, 0) is 26.4 Å². The number of rotatable bonds is 7. The third-order valence-corrected chi connectivity index (χ3v) is 2.90. The molecule has 1 rings (SSSR count). The molecule has 1 saturated heterocycles. The molecule has 5 heteroatoms. The lowest BCUT2D eigenvalue weighted by atomic mass is 10.1. The molecule has 0 spiro atoms. The maximum absolute atomic E-state index is 5.46. The van der Waals surface area contributed by atoms with E-state index in [1.54, 1.807) is 7.11 Å². The van der Waals surface area contributed by atoms with E-state index in [9.17, 15) is 0 Å². The van der Waals surface area contributed by atoms with E-state index in [1.807, 2.05) is 7.05 Å². The summed E-state index contributed by atoms with van der Waals surface area (Å²) in [6, 6.07) is 0.665. The first-order chi connectivity index (χ1) is 7.36. The van der Waals surface area contributed by atoms with E-state index in [0.717, 1.165) is 19.7 Å². The van der Waals surface area contributed by atoms with Crippen molar-refractivity contribution in [1.82, 2.24) is 10.2 Å². The monoisotopic (exact) mass is 252 g/mol. The molecule has 1 unspecified atom stereocenters. The first-order valence-corrected chi connectivity index (χ1v) is 5.83. The molecule has 0 aromatic heterocycles. The van der Waals surface area contributed by atoms with Crippen LogP contribution in [0.3, 0.4) is 0 Å². The number of nitrogens with one attached hydrogen (secondary N) is 1. The van der Waals surface area contributed by atoms with Crippen molar-refractivity contribution in [2.45, 2.75) is 18.9 Å². The summed E-state index contributed by atoms with van der Waals surface area (Å²) in [4.78, 5) is 2.47. The highest BCUT2D eigenvalue weighted by Gasteiger charge is 2.17. The van der Waals surface area contributed by atoms with Gasteiger partial charge in [0.15, 0.2) is 0 Å². The molecule has 1 atom stereocenters. The number of methoxy groups -OCH3 is 1. The van der Waals surface area contributed by atoms with Crippen LogP contribution in [0, 0.1) is 0 Å². The zero-order valence-electron chi connectivity index (χ0n) is 10.4. The lowest BCUT2D eigenvalue weighted by Gasteiger charge is -2.32. The first-order valence-electron chi connectivity index (χ1n) is 5.83. The van der Waals surface area contributed by atoms with Crippen molar-refractivity contribution in [3.8, 4) is 0 Å². The number of hydrogen-bond acceptors (Lipinski definition) is 4. The summed E-state index contributed by atoms with van der Waals surface area (Å²) in [5.41, 5.74) is 0. The molecule has 0 bridgehead atoms. The van der Waals surface area contributed by atoms with Crippen molar-refractivity contribution in [1.29, 1.82) is 0 Å². The minimum absolute atomic E-state index is 0. The number of ether oxygens (including phenoxy) is 2. The Balaban J connectivity index is 0.00000225. The Labute approximate surface area is 105 Å². The molecule has 4 nitrogen and oxygen atoms in total. The Morgan fingerprint density at radius 1 is 1.31 bits per heavy atom. The van der Waals surface area contributed by atoms with E-state index in [2.05, 4.69) is 10.2 Å². The molecule has 0 radical (unpaired) electrons. The SMILES string of the molecule is CNC1CCCN(CCOCCOC)C1.Cl. The molecular weight excluding hydrogens is 228 g/mol. The summed E-state index contributed by atoms with van der Waals surface area (Å²) in [5, 5.41) is 3.34. The largest absolute Gasteiger partial charge is 0.382 e. The third-order valence-electron chi connectivity index (χ3n) is 2.90. The highest BCUT2D eigenvalue weighted by atomic mass is 35.5. The molecule has 1 aliphatic rings. The van der Waals surface area contributed by atoms with Crippen molar-refractivity contribution in [3.63, 3.8) is 0 Å². The maximum Gasteiger partial charge on any atom is 0.0700 e. The minimum Gasteiger partial charge on any atom is -0.382 e. The zero-order chi connectivity index (χ0) is 10.9. The third kappa shape index (κ3) is 6.66. The standard InChI is InChI=1S/C11H24N2O2.ClH/c1-12-11-4-3-5-13(10-11)6-7-15-9-8-14-2;/h11-12H,3-10H2,1-2H3;1H. The van der Waals surface area contributed by atoms with Gasteiger partial charge in [-0.1, -0.05) is 0 Å². The van der Waals surface area contributed by atoms with Crippen LogP contribution in [-0.2, 0) is 9.47 Å². The van der Waals surface area contributed by atoms with Crippen LogP contribution < -0.4 is 5.32 Å². The highest BCUT2D eigenvalue weighted by molar-refractivity contribution is 5.85. The van der Waals surface area contributed by atoms with Crippen LogP contribution in [0.4, 0.5) is 0 Å². The second-order valence-electron chi connectivity index (χ2n) is 4.03. The fraction of sp³-hybridized carbons (Fsp3) is 1.00. The van der Waals surface area contributed by atoms with Gasteiger partial charge >= 0.3 is 0 Å². The van der Waals surface area contributed by atoms with Crippen LogP contribution in [0.1, 0.15) is 12.8 Å². The van der Waals surface area contributed by atoms with Gasteiger partial charge in [0.1, 0.15) is 0 Å². The molecule has 98 valence electrons. The van der Waals surface area contributed by atoms with Gasteiger partial charge in [-0.2, -0.15) is 0 Å². The maximum atomic E-state index is 5.46. The molecule has 0 amide bonds. The van der Waals surface area contributed by atoms with Crippen molar-refractivity contribution >= 4 is 12.4 Å². The Kier molecular flexibility index (Phi) is 10.4. The zero-order valence-corrected chi connectivity index (χ0v) is 11.2. The Hall–Kier alpha value is 0.130. The summed E-state index contributed by atoms with van der Waals surface area (Å²) in [7, 11) is 3.74. The van der Waals surface area contributed by atoms with Crippen molar-refractivity contribution < 1.29 is 9.47 Å². The normalized spacial score (nSPS) is 21.8. The van der Waals surface area contributed by atoms with Crippen LogP contribution in [0.25, 0.3) is 0 Å². The fourth-order valence-electron chi connectivity index (χ4n) is 1.93. The van der Waals surface area contributed by atoms with Crippen molar-refractivity contribution in [2.24, 2.45) is 0 Å². The molecule has 0 aliphatic carbocycles.